The quantitative estimate of drug-likeness (QED) is 0.670. The second-order valence-electron chi connectivity index (χ2n) is 6.72. The average molecular weight is 381 g/mol. The van der Waals surface area contributed by atoms with E-state index in [1.807, 2.05) is 6.07 Å². The van der Waals surface area contributed by atoms with Crippen molar-refractivity contribution in [3.05, 3.63) is 29.8 Å². The Balaban J connectivity index is 1.74. The number of aromatic nitrogens is 4. The molecule has 0 radical (unpaired) electrons. The Morgan fingerprint density at radius 1 is 1.25 bits per heavy atom. The van der Waals surface area contributed by atoms with Crippen molar-refractivity contribution in [2.75, 3.05) is 44.4 Å². The van der Waals surface area contributed by atoms with Crippen molar-refractivity contribution in [1.29, 1.82) is 5.26 Å². The number of hydrogen-bond donors (Lipinski definition) is 3. The van der Waals surface area contributed by atoms with Gasteiger partial charge in [0.1, 0.15) is 11.9 Å². The lowest BCUT2D eigenvalue weighted by atomic mass is 9.97. The van der Waals surface area contributed by atoms with Crippen molar-refractivity contribution >= 4 is 23.2 Å². The van der Waals surface area contributed by atoms with E-state index in [4.69, 9.17) is 5.26 Å². The maximum atomic E-state index is 12.1. The number of likely N-dealkylation sites (tertiary alicyclic amines) is 1. The van der Waals surface area contributed by atoms with Crippen molar-refractivity contribution in [2.45, 2.75) is 12.8 Å². The number of hydrogen-bond acceptors (Lipinski definition) is 9. The van der Waals surface area contributed by atoms with E-state index in [1.54, 1.807) is 13.1 Å². The first-order valence-corrected chi connectivity index (χ1v) is 9.10. The summed E-state index contributed by atoms with van der Waals surface area (Å²) in [6.45, 7) is 2.92. The molecule has 1 saturated heterocycles. The molecule has 0 unspecified atom stereocenters. The van der Waals surface area contributed by atoms with E-state index in [-0.39, 0.29) is 17.3 Å². The zero-order chi connectivity index (χ0) is 19.9. The first-order valence-electron chi connectivity index (χ1n) is 9.10. The number of nitrogens with one attached hydrogen (secondary N) is 3. The normalized spacial score (nSPS) is 14.9. The second kappa shape index (κ2) is 9.05. The maximum absolute atomic E-state index is 12.1. The molecular formula is C18H23N9O. The molecule has 10 nitrogen and oxygen atoms in total. The molecule has 0 atom stereocenters. The van der Waals surface area contributed by atoms with Gasteiger partial charge in [-0.05, 0) is 38.9 Å². The Morgan fingerprint density at radius 2 is 2.04 bits per heavy atom. The standard InChI is InChI=1S/C18H23N9O/c1-20-18(28)17-14(22-9-12-3-5-27(2)6-4-12)7-15(25-26-17)24-16-11-21-13(8-19)10-23-16/h7,10-12H,3-6,9H2,1-2H3,(H,20,28)(H2,22,23,24,25). The van der Waals surface area contributed by atoms with Crippen LogP contribution in [0.15, 0.2) is 18.5 Å². The van der Waals surface area contributed by atoms with Crippen LogP contribution in [0.4, 0.5) is 17.3 Å². The van der Waals surface area contributed by atoms with Gasteiger partial charge in [-0.15, -0.1) is 10.2 Å². The van der Waals surface area contributed by atoms with Crippen molar-refractivity contribution in [2.24, 2.45) is 5.92 Å². The van der Waals surface area contributed by atoms with Crippen LogP contribution < -0.4 is 16.0 Å². The number of anilines is 3. The van der Waals surface area contributed by atoms with Gasteiger partial charge in [0, 0.05) is 19.7 Å². The minimum atomic E-state index is -0.303. The largest absolute Gasteiger partial charge is 0.383 e. The summed E-state index contributed by atoms with van der Waals surface area (Å²) < 4.78 is 0. The minimum absolute atomic E-state index is 0.229. The number of rotatable bonds is 6. The molecule has 1 fully saturated rings. The molecule has 28 heavy (non-hydrogen) atoms. The lowest BCUT2D eigenvalue weighted by Gasteiger charge is -2.29. The molecule has 1 amide bonds. The zero-order valence-electron chi connectivity index (χ0n) is 15.9. The van der Waals surface area contributed by atoms with Gasteiger partial charge in [-0.1, -0.05) is 0 Å². The van der Waals surface area contributed by atoms with Crippen LogP contribution in [-0.4, -0.2) is 64.7 Å². The summed E-state index contributed by atoms with van der Waals surface area (Å²) in [6, 6.07) is 3.65. The third kappa shape index (κ3) is 4.89. The summed E-state index contributed by atoms with van der Waals surface area (Å²) in [5.41, 5.74) is 1.08. The smallest absolute Gasteiger partial charge is 0.273 e. The fourth-order valence-electron chi connectivity index (χ4n) is 2.98. The van der Waals surface area contributed by atoms with Crippen molar-refractivity contribution in [1.82, 2.24) is 30.4 Å². The van der Waals surface area contributed by atoms with Gasteiger partial charge >= 0.3 is 0 Å². The van der Waals surface area contributed by atoms with Crippen molar-refractivity contribution < 1.29 is 4.79 Å². The highest BCUT2D eigenvalue weighted by Crippen LogP contribution is 2.21. The second-order valence-corrected chi connectivity index (χ2v) is 6.72. The fourth-order valence-corrected chi connectivity index (χ4v) is 2.98. The summed E-state index contributed by atoms with van der Waals surface area (Å²) in [5.74, 6) is 1.10. The first kappa shape index (κ1) is 19.4. The molecule has 1 aliphatic heterocycles. The average Bonchev–Trinajstić information content (AvgIpc) is 2.73. The highest BCUT2D eigenvalue weighted by molar-refractivity contribution is 5.97. The summed E-state index contributed by atoms with van der Waals surface area (Å²) in [4.78, 5) is 22.5. The number of carbonyl (C=O) groups excluding carboxylic acids is 1. The molecule has 3 N–H and O–H groups in total. The fraction of sp³-hybridized carbons (Fsp3) is 0.444. The van der Waals surface area contributed by atoms with Crippen molar-refractivity contribution in [3.8, 4) is 6.07 Å². The van der Waals surface area contributed by atoms with Crippen LogP contribution in [0.1, 0.15) is 29.0 Å². The van der Waals surface area contributed by atoms with E-state index in [0.29, 0.717) is 23.2 Å². The monoisotopic (exact) mass is 381 g/mol. The van der Waals surface area contributed by atoms with Crippen LogP contribution in [0.25, 0.3) is 0 Å². The predicted octanol–water partition coefficient (Wildman–Crippen LogP) is 0.995. The predicted molar refractivity (Wildman–Crippen MR) is 104 cm³/mol. The summed E-state index contributed by atoms with van der Waals surface area (Å²) in [5, 5.41) is 25.8. The van der Waals surface area contributed by atoms with Gasteiger partial charge in [-0.3, -0.25) is 4.79 Å². The van der Waals surface area contributed by atoms with Gasteiger partial charge in [0.05, 0.1) is 18.1 Å². The summed E-state index contributed by atoms with van der Waals surface area (Å²) in [7, 11) is 3.69. The topological polar surface area (TPSA) is 132 Å². The third-order valence-electron chi connectivity index (χ3n) is 4.68. The van der Waals surface area contributed by atoms with Crippen LogP contribution in [0, 0.1) is 17.2 Å². The molecule has 0 aliphatic carbocycles. The number of amides is 1. The van der Waals surface area contributed by atoms with Gasteiger partial charge in [0.25, 0.3) is 5.91 Å². The van der Waals surface area contributed by atoms with Gasteiger partial charge < -0.3 is 20.9 Å². The first-order chi connectivity index (χ1) is 13.6. The molecule has 146 valence electrons. The molecule has 2 aromatic rings. The SMILES string of the molecule is CNC(=O)c1nnc(Nc2cnc(C#N)cn2)cc1NCC1CCN(C)CC1. The Kier molecular flexibility index (Phi) is 6.29. The van der Waals surface area contributed by atoms with Crippen LogP contribution in [0.3, 0.4) is 0 Å². The Hall–Kier alpha value is -3.32. The van der Waals surface area contributed by atoms with E-state index in [0.717, 1.165) is 32.5 Å². The molecule has 1 aliphatic rings. The van der Waals surface area contributed by atoms with E-state index >= 15 is 0 Å². The number of piperidine rings is 1. The Bertz CT molecular complexity index is 854. The Labute approximate surface area is 163 Å². The van der Waals surface area contributed by atoms with E-state index in [9.17, 15) is 4.79 Å². The van der Waals surface area contributed by atoms with Crippen molar-refractivity contribution in [3.63, 3.8) is 0 Å². The molecular weight excluding hydrogens is 358 g/mol. The van der Waals surface area contributed by atoms with Gasteiger partial charge in [0.15, 0.2) is 17.2 Å². The van der Waals surface area contributed by atoms with E-state index < -0.39 is 0 Å². The molecule has 2 aromatic heterocycles. The molecule has 0 saturated carbocycles. The molecule has 0 aromatic carbocycles. The lowest BCUT2D eigenvalue weighted by molar-refractivity contribution is 0.0958. The van der Waals surface area contributed by atoms with Crippen LogP contribution in [0.5, 0.6) is 0 Å². The van der Waals surface area contributed by atoms with Crippen LogP contribution in [0.2, 0.25) is 0 Å². The van der Waals surface area contributed by atoms with Gasteiger partial charge in [-0.25, -0.2) is 9.97 Å². The minimum Gasteiger partial charge on any atom is -0.383 e. The van der Waals surface area contributed by atoms with Gasteiger partial charge in [0.2, 0.25) is 0 Å². The zero-order valence-corrected chi connectivity index (χ0v) is 15.9. The highest BCUT2D eigenvalue weighted by atomic mass is 16.1. The lowest BCUT2D eigenvalue weighted by Crippen LogP contribution is -2.33. The third-order valence-corrected chi connectivity index (χ3v) is 4.68. The number of nitrogens with zero attached hydrogens (tertiary/aromatic N) is 6. The number of carbonyl (C=O) groups is 1. The molecule has 0 bridgehead atoms. The number of nitriles is 1. The highest BCUT2D eigenvalue weighted by Gasteiger charge is 2.19. The Morgan fingerprint density at radius 3 is 2.68 bits per heavy atom. The van der Waals surface area contributed by atoms with Crippen LogP contribution >= 0.6 is 0 Å². The molecule has 10 heteroatoms. The van der Waals surface area contributed by atoms with Crippen LogP contribution in [-0.2, 0) is 0 Å². The van der Waals surface area contributed by atoms with E-state index in [1.165, 1.54) is 12.4 Å². The molecule has 0 spiro atoms. The van der Waals surface area contributed by atoms with Gasteiger partial charge in [-0.2, -0.15) is 5.26 Å². The molecule has 3 heterocycles. The van der Waals surface area contributed by atoms with E-state index in [2.05, 4.69) is 48.1 Å². The summed E-state index contributed by atoms with van der Waals surface area (Å²) in [6.07, 6.45) is 5.04. The maximum Gasteiger partial charge on any atom is 0.273 e. The summed E-state index contributed by atoms with van der Waals surface area (Å²) >= 11 is 0. The molecule has 3 rings (SSSR count).